The van der Waals surface area contributed by atoms with Gasteiger partial charge in [0.1, 0.15) is 12.1 Å². The molecule has 0 aliphatic heterocycles. The standard InChI is InChI=1S/C22H29N7O/c1-6-28(7-2)11-10-21(30)25-16-8-9-17-18(12-16)29(15-24-17)20-14-23-13-19(26-20)27-22(3,4)5/h8-15H,6-7H2,1-5H3,(H,25,30)(H,26,27). The minimum atomic E-state index is -0.177. The molecule has 2 heterocycles. The Labute approximate surface area is 177 Å². The van der Waals surface area contributed by atoms with Gasteiger partial charge in [-0.1, -0.05) is 0 Å². The van der Waals surface area contributed by atoms with Gasteiger partial charge in [0.15, 0.2) is 5.82 Å². The van der Waals surface area contributed by atoms with Gasteiger partial charge in [0.05, 0.1) is 23.4 Å². The lowest BCUT2D eigenvalue weighted by molar-refractivity contribution is -0.112. The third-order valence-electron chi connectivity index (χ3n) is 4.44. The Balaban J connectivity index is 1.85. The van der Waals surface area contributed by atoms with E-state index < -0.39 is 0 Å². The molecule has 3 aromatic rings. The van der Waals surface area contributed by atoms with Crippen LogP contribution in [-0.2, 0) is 4.79 Å². The third kappa shape index (κ3) is 5.34. The fourth-order valence-electron chi connectivity index (χ4n) is 2.98. The number of rotatable bonds is 7. The summed E-state index contributed by atoms with van der Waals surface area (Å²) in [7, 11) is 0. The Morgan fingerprint density at radius 3 is 2.67 bits per heavy atom. The Morgan fingerprint density at radius 1 is 1.20 bits per heavy atom. The van der Waals surface area contributed by atoms with Gasteiger partial charge in [-0.25, -0.2) is 9.97 Å². The molecule has 0 fully saturated rings. The number of carbonyl (C=O) groups is 1. The second-order valence-corrected chi connectivity index (χ2v) is 7.98. The zero-order valence-electron chi connectivity index (χ0n) is 18.2. The van der Waals surface area contributed by atoms with Crippen LogP contribution in [0.25, 0.3) is 16.9 Å². The van der Waals surface area contributed by atoms with E-state index in [2.05, 4.69) is 65.1 Å². The molecular weight excluding hydrogens is 378 g/mol. The van der Waals surface area contributed by atoms with Crippen LogP contribution in [0.3, 0.4) is 0 Å². The fraction of sp³-hybridized carbons (Fsp3) is 0.364. The van der Waals surface area contributed by atoms with E-state index in [4.69, 9.17) is 0 Å². The Kier molecular flexibility index (Phi) is 6.34. The smallest absolute Gasteiger partial charge is 0.249 e. The maximum Gasteiger partial charge on any atom is 0.249 e. The monoisotopic (exact) mass is 407 g/mol. The van der Waals surface area contributed by atoms with Gasteiger partial charge < -0.3 is 15.5 Å². The van der Waals surface area contributed by atoms with Crippen LogP contribution in [0.5, 0.6) is 0 Å². The van der Waals surface area contributed by atoms with Crippen molar-refractivity contribution in [3.63, 3.8) is 0 Å². The van der Waals surface area contributed by atoms with Crippen LogP contribution in [0.2, 0.25) is 0 Å². The first kappa shape index (κ1) is 21.3. The van der Waals surface area contributed by atoms with E-state index in [1.54, 1.807) is 31.0 Å². The molecule has 0 aliphatic carbocycles. The van der Waals surface area contributed by atoms with Crippen LogP contribution < -0.4 is 10.6 Å². The number of fused-ring (bicyclic) bond motifs is 1. The molecule has 0 aliphatic rings. The van der Waals surface area contributed by atoms with E-state index in [9.17, 15) is 4.79 Å². The minimum Gasteiger partial charge on any atom is -0.378 e. The Hall–Kier alpha value is -3.42. The number of hydrogen-bond donors (Lipinski definition) is 2. The van der Waals surface area contributed by atoms with E-state index >= 15 is 0 Å². The molecule has 2 aromatic heterocycles. The number of nitrogens with one attached hydrogen (secondary N) is 2. The number of anilines is 2. The van der Waals surface area contributed by atoms with Crippen molar-refractivity contribution in [3.05, 3.63) is 49.2 Å². The average molecular weight is 408 g/mol. The number of amides is 1. The molecule has 2 N–H and O–H groups in total. The lowest BCUT2D eigenvalue weighted by Crippen LogP contribution is -2.26. The molecule has 1 amide bonds. The maximum absolute atomic E-state index is 12.3. The van der Waals surface area contributed by atoms with E-state index in [1.165, 1.54) is 0 Å². The number of benzene rings is 1. The van der Waals surface area contributed by atoms with E-state index in [1.807, 2.05) is 22.8 Å². The molecule has 0 unspecified atom stereocenters. The molecule has 0 radical (unpaired) electrons. The van der Waals surface area contributed by atoms with Gasteiger partial charge in [-0.2, -0.15) is 0 Å². The van der Waals surface area contributed by atoms with Gasteiger partial charge in [-0.15, -0.1) is 0 Å². The second kappa shape index (κ2) is 8.94. The van der Waals surface area contributed by atoms with Crippen LogP contribution in [-0.4, -0.2) is 49.0 Å². The number of imidazole rings is 1. The summed E-state index contributed by atoms with van der Waals surface area (Å²) in [5.41, 5.74) is 2.21. The first-order chi connectivity index (χ1) is 14.3. The summed E-state index contributed by atoms with van der Waals surface area (Å²) < 4.78 is 1.86. The summed E-state index contributed by atoms with van der Waals surface area (Å²) >= 11 is 0. The van der Waals surface area contributed by atoms with Gasteiger partial charge >= 0.3 is 0 Å². The van der Waals surface area contributed by atoms with Crippen LogP contribution in [0.1, 0.15) is 34.6 Å². The van der Waals surface area contributed by atoms with Crippen molar-refractivity contribution in [2.24, 2.45) is 0 Å². The van der Waals surface area contributed by atoms with Crippen molar-refractivity contribution >= 4 is 28.4 Å². The highest BCUT2D eigenvalue weighted by atomic mass is 16.1. The molecule has 0 bridgehead atoms. The van der Waals surface area contributed by atoms with Gasteiger partial charge in [0.2, 0.25) is 5.91 Å². The van der Waals surface area contributed by atoms with E-state index in [-0.39, 0.29) is 11.4 Å². The van der Waals surface area contributed by atoms with Crippen LogP contribution >= 0.6 is 0 Å². The van der Waals surface area contributed by atoms with Crippen molar-refractivity contribution in [1.29, 1.82) is 0 Å². The largest absolute Gasteiger partial charge is 0.378 e. The lowest BCUT2D eigenvalue weighted by atomic mass is 10.1. The second-order valence-electron chi connectivity index (χ2n) is 7.98. The van der Waals surface area contributed by atoms with Crippen molar-refractivity contribution in [1.82, 2.24) is 24.4 Å². The first-order valence-electron chi connectivity index (χ1n) is 10.1. The molecule has 30 heavy (non-hydrogen) atoms. The van der Waals surface area contributed by atoms with Gasteiger partial charge in [-0.05, 0) is 52.8 Å². The van der Waals surface area contributed by atoms with Crippen molar-refractivity contribution in [3.8, 4) is 5.82 Å². The first-order valence-corrected chi connectivity index (χ1v) is 10.1. The molecule has 8 heteroatoms. The highest BCUT2D eigenvalue weighted by Crippen LogP contribution is 2.22. The molecule has 0 saturated carbocycles. The zero-order chi connectivity index (χ0) is 21.7. The van der Waals surface area contributed by atoms with Crippen LogP contribution in [0.15, 0.2) is 49.2 Å². The molecule has 1 aromatic carbocycles. The molecule has 3 rings (SSSR count). The van der Waals surface area contributed by atoms with Gasteiger partial charge in [-0.3, -0.25) is 14.3 Å². The Morgan fingerprint density at radius 2 is 1.97 bits per heavy atom. The SMILES string of the molecule is CCN(C=CC(=O)Nc1ccc2ncn(-c3cncc(NC(C)(C)C)n3)c2c1)CC. The van der Waals surface area contributed by atoms with E-state index in [0.29, 0.717) is 17.3 Å². The normalized spacial score (nSPS) is 11.8. The van der Waals surface area contributed by atoms with Gasteiger partial charge in [0, 0.05) is 36.6 Å². The lowest BCUT2D eigenvalue weighted by Gasteiger charge is -2.21. The number of hydrogen-bond acceptors (Lipinski definition) is 6. The zero-order valence-corrected chi connectivity index (χ0v) is 18.2. The van der Waals surface area contributed by atoms with Gasteiger partial charge in [0.25, 0.3) is 0 Å². The fourth-order valence-corrected chi connectivity index (χ4v) is 2.98. The van der Waals surface area contributed by atoms with Crippen molar-refractivity contribution < 1.29 is 4.79 Å². The summed E-state index contributed by atoms with van der Waals surface area (Å²) in [5, 5.41) is 6.23. The minimum absolute atomic E-state index is 0.125. The molecule has 8 nitrogen and oxygen atoms in total. The quantitative estimate of drug-likeness (QED) is 0.579. The summed E-state index contributed by atoms with van der Waals surface area (Å²) in [6, 6.07) is 5.60. The predicted molar refractivity (Wildman–Crippen MR) is 121 cm³/mol. The number of nitrogens with zero attached hydrogens (tertiary/aromatic N) is 5. The summed E-state index contributed by atoms with van der Waals surface area (Å²) in [6.45, 7) is 12.0. The highest BCUT2D eigenvalue weighted by molar-refractivity contribution is 6.00. The van der Waals surface area contributed by atoms with Crippen molar-refractivity contribution in [2.45, 2.75) is 40.2 Å². The maximum atomic E-state index is 12.3. The average Bonchev–Trinajstić information content (AvgIpc) is 3.11. The summed E-state index contributed by atoms with van der Waals surface area (Å²) in [5.74, 6) is 1.16. The predicted octanol–water partition coefficient (Wildman–Crippen LogP) is 3.82. The number of carbonyl (C=O) groups excluding carboxylic acids is 1. The molecule has 158 valence electrons. The molecule has 0 spiro atoms. The summed E-state index contributed by atoms with van der Waals surface area (Å²) in [4.78, 5) is 27.7. The topological polar surface area (TPSA) is 88.0 Å². The van der Waals surface area contributed by atoms with E-state index in [0.717, 1.165) is 24.1 Å². The molecule has 0 atom stereocenters. The number of aromatic nitrogens is 4. The summed E-state index contributed by atoms with van der Waals surface area (Å²) in [6.07, 6.45) is 8.44. The van der Waals surface area contributed by atoms with Crippen LogP contribution in [0, 0.1) is 0 Å². The third-order valence-corrected chi connectivity index (χ3v) is 4.44. The molecule has 0 saturated heterocycles. The van der Waals surface area contributed by atoms with Crippen molar-refractivity contribution in [2.75, 3.05) is 23.7 Å². The Bertz CT molecular complexity index is 1050. The van der Waals surface area contributed by atoms with Crippen LogP contribution in [0.4, 0.5) is 11.5 Å². The highest BCUT2D eigenvalue weighted by Gasteiger charge is 2.13. The molecular formula is C22H29N7O.